The molecule has 0 aromatic heterocycles. The van der Waals surface area contributed by atoms with E-state index in [0.717, 1.165) is 5.06 Å². The summed E-state index contributed by atoms with van der Waals surface area (Å²) in [6.45, 7) is 7.20. The summed E-state index contributed by atoms with van der Waals surface area (Å²) in [4.78, 5) is 11.6. The number of halogens is 1. The van der Waals surface area contributed by atoms with Crippen molar-refractivity contribution in [2.75, 3.05) is 7.11 Å². The molecule has 0 aromatic rings. The molecule has 0 spiro atoms. The molecule has 4 nitrogen and oxygen atoms in total. The van der Waals surface area contributed by atoms with Gasteiger partial charge in [-0.3, -0.25) is 0 Å². The molecule has 1 N–H and O–H groups in total. The first-order chi connectivity index (χ1) is 6.67. The van der Waals surface area contributed by atoms with Crippen molar-refractivity contribution in [1.29, 1.82) is 0 Å². The highest BCUT2D eigenvalue weighted by atomic mass is 79.9. The molecule has 0 aromatic carbocycles. The first-order valence-corrected chi connectivity index (χ1v) is 5.45. The van der Waals surface area contributed by atoms with Gasteiger partial charge < -0.3 is 9.94 Å². The van der Waals surface area contributed by atoms with Crippen LogP contribution >= 0.6 is 15.9 Å². The van der Waals surface area contributed by atoms with Gasteiger partial charge in [0.25, 0.3) is 0 Å². The van der Waals surface area contributed by atoms with Crippen molar-refractivity contribution in [2.45, 2.75) is 38.8 Å². The van der Waals surface area contributed by atoms with Crippen molar-refractivity contribution >= 4 is 21.9 Å². The van der Waals surface area contributed by atoms with Crippen LogP contribution in [0.2, 0.25) is 0 Å². The van der Waals surface area contributed by atoms with Crippen molar-refractivity contribution in [2.24, 2.45) is 0 Å². The van der Waals surface area contributed by atoms with Gasteiger partial charge in [-0.2, -0.15) is 5.06 Å². The number of carbonyl (C=O) groups is 1. The molecule has 15 heavy (non-hydrogen) atoms. The van der Waals surface area contributed by atoms with Crippen molar-refractivity contribution in [3.8, 4) is 0 Å². The predicted molar refractivity (Wildman–Crippen MR) is 59.8 cm³/mol. The minimum atomic E-state index is -0.755. The molecule has 1 rings (SSSR count). The average Bonchev–Trinajstić information content (AvgIpc) is 2.25. The number of hydroxylamine groups is 2. The van der Waals surface area contributed by atoms with E-state index in [1.165, 1.54) is 7.11 Å². The fraction of sp³-hybridized carbons (Fsp3) is 0.700. The van der Waals surface area contributed by atoms with Gasteiger partial charge in [0.1, 0.15) is 0 Å². The first kappa shape index (κ1) is 12.7. The van der Waals surface area contributed by atoms with E-state index in [1.807, 2.05) is 13.8 Å². The van der Waals surface area contributed by atoms with Gasteiger partial charge in [-0.15, -0.1) is 0 Å². The van der Waals surface area contributed by atoms with E-state index in [9.17, 15) is 10.0 Å². The number of rotatable bonds is 1. The Morgan fingerprint density at radius 1 is 1.33 bits per heavy atom. The van der Waals surface area contributed by atoms with E-state index in [0.29, 0.717) is 10.1 Å². The summed E-state index contributed by atoms with van der Waals surface area (Å²) in [5.74, 6) is -0.420. The van der Waals surface area contributed by atoms with Gasteiger partial charge in [-0.05, 0) is 27.7 Å². The Hall–Kier alpha value is -0.390. The highest BCUT2D eigenvalue weighted by molar-refractivity contribution is 9.11. The number of methoxy groups -OCH3 is 1. The van der Waals surface area contributed by atoms with Crippen LogP contribution in [0.3, 0.4) is 0 Å². The lowest BCUT2D eigenvalue weighted by Gasteiger charge is -2.35. The molecule has 1 aliphatic heterocycles. The van der Waals surface area contributed by atoms with Crippen LogP contribution in [0.4, 0.5) is 0 Å². The lowest BCUT2D eigenvalue weighted by molar-refractivity contribution is -0.187. The number of nitrogens with zero attached hydrogens (tertiary/aromatic N) is 1. The summed E-state index contributed by atoms with van der Waals surface area (Å²) in [6, 6.07) is 0. The van der Waals surface area contributed by atoms with Crippen molar-refractivity contribution in [3.05, 3.63) is 10.1 Å². The van der Waals surface area contributed by atoms with Crippen LogP contribution in [0, 0.1) is 0 Å². The van der Waals surface area contributed by atoms with Crippen molar-refractivity contribution in [3.63, 3.8) is 0 Å². The third kappa shape index (κ3) is 1.62. The number of ether oxygens (including phenoxy) is 1. The van der Waals surface area contributed by atoms with Crippen molar-refractivity contribution < 1.29 is 14.7 Å². The second-order valence-corrected chi connectivity index (χ2v) is 5.40. The van der Waals surface area contributed by atoms with Gasteiger partial charge >= 0.3 is 5.97 Å². The number of hydrogen-bond donors (Lipinski definition) is 1. The van der Waals surface area contributed by atoms with Gasteiger partial charge in [0, 0.05) is 4.48 Å². The van der Waals surface area contributed by atoms with Gasteiger partial charge in [-0.1, -0.05) is 15.9 Å². The zero-order valence-electron chi connectivity index (χ0n) is 9.59. The molecule has 0 amide bonds. The van der Waals surface area contributed by atoms with Crippen LogP contribution < -0.4 is 0 Å². The fourth-order valence-corrected chi connectivity index (χ4v) is 2.73. The van der Waals surface area contributed by atoms with E-state index in [4.69, 9.17) is 4.74 Å². The first-order valence-electron chi connectivity index (χ1n) is 4.65. The molecule has 0 radical (unpaired) electrons. The standard InChI is InChI=1S/C10H16BrNO3/c1-9(2)6(8(13)15-5)7(11)10(3,4)12(9)14/h14H,1-5H3. The van der Waals surface area contributed by atoms with Crippen LogP contribution in [0.25, 0.3) is 0 Å². The monoisotopic (exact) mass is 277 g/mol. The highest BCUT2D eigenvalue weighted by Crippen LogP contribution is 2.46. The highest BCUT2D eigenvalue weighted by Gasteiger charge is 2.52. The van der Waals surface area contributed by atoms with E-state index < -0.39 is 17.0 Å². The van der Waals surface area contributed by atoms with E-state index >= 15 is 0 Å². The van der Waals surface area contributed by atoms with Crippen LogP contribution in [-0.4, -0.2) is 34.4 Å². The maximum atomic E-state index is 11.6. The molecule has 1 heterocycles. The zero-order chi connectivity index (χ0) is 12.0. The SMILES string of the molecule is COC(=O)C1=C(Br)C(C)(C)N(O)C1(C)C. The molecule has 0 aliphatic carbocycles. The summed E-state index contributed by atoms with van der Waals surface area (Å²) in [5, 5.41) is 11.2. The van der Waals surface area contributed by atoms with Crippen LogP contribution in [-0.2, 0) is 9.53 Å². The molecule has 0 saturated carbocycles. The molecule has 0 bridgehead atoms. The van der Waals surface area contributed by atoms with Crippen LogP contribution in [0.1, 0.15) is 27.7 Å². The Morgan fingerprint density at radius 2 is 1.80 bits per heavy atom. The Morgan fingerprint density at radius 3 is 2.07 bits per heavy atom. The van der Waals surface area contributed by atoms with Gasteiger partial charge in [0.15, 0.2) is 0 Å². The summed E-state index contributed by atoms with van der Waals surface area (Å²) >= 11 is 3.36. The molecular formula is C10H16BrNO3. The lowest BCUT2D eigenvalue weighted by Crippen LogP contribution is -2.49. The number of esters is 1. The van der Waals surface area contributed by atoms with E-state index in [2.05, 4.69) is 15.9 Å². The normalized spacial score (nSPS) is 24.5. The van der Waals surface area contributed by atoms with E-state index in [-0.39, 0.29) is 0 Å². The molecule has 86 valence electrons. The second-order valence-electron chi connectivity index (χ2n) is 4.61. The average molecular weight is 278 g/mol. The predicted octanol–water partition coefficient (Wildman–Crippen LogP) is 2.07. The minimum absolute atomic E-state index is 0.420. The van der Waals surface area contributed by atoms with Gasteiger partial charge in [0.05, 0.1) is 23.8 Å². The zero-order valence-corrected chi connectivity index (χ0v) is 11.2. The fourth-order valence-electron chi connectivity index (χ4n) is 1.91. The summed E-state index contributed by atoms with van der Waals surface area (Å²) < 4.78 is 5.38. The minimum Gasteiger partial charge on any atom is -0.466 e. The Kier molecular flexibility index (Phi) is 3.02. The van der Waals surface area contributed by atoms with Gasteiger partial charge in [-0.25, -0.2) is 4.79 Å². The molecule has 0 atom stereocenters. The molecule has 1 aliphatic rings. The summed E-state index contributed by atoms with van der Waals surface area (Å²) in [5.41, 5.74) is -0.917. The maximum Gasteiger partial charge on any atom is 0.336 e. The third-order valence-electron chi connectivity index (χ3n) is 2.82. The molecule has 0 saturated heterocycles. The Bertz CT molecular complexity index is 334. The topological polar surface area (TPSA) is 49.8 Å². The number of hydrogen-bond acceptors (Lipinski definition) is 4. The Balaban J connectivity index is 3.33. The largest absolute Gasteiger partial charge is 0.466 e. The summed E-state index contributed by atoms with van der Waals surface area (Å²) in [6.07, 6.45) is 0. The van der Waals surface area contributed by atoms with Crippen LogP contribution in [0.5, 0.6) is 0 Å². The Labute approximate surface area is 98.0 Å². The summed E-state index contributed by atoms with van der Waals surface area (Å²) in [7, 11) is 1.33. The third-order valence-corrected chi connectivity index (χ3v) is 4.18. The number of carbonyl (C=O) groups excluding carboxylic acids is 1. The molecular weight excluding hydrogens is 262 g/mol. The molecule has 0 fully saturated rings. The van der Waals surface area contributed by atoms with Crippen molar-refractivity contribution in [1.82, 2.24) is 5.06 Å². The van der Waals surface area contributed by atoms with Crippen LogP contribution in [0.15, 0.2) is 10.1 Å². The maximum absolute atomic E-state index is 11.6. The quantitative estimate of drug-likeness (QED) is 0.746. The molecule has 0 unspecified atom stereocenters. The lowest BCUT2D eigenvalue weighted by atomic mass is 9.97. The smallest absolute Gasteiger partial charge is 0.336 e. The molecule has 5 heteroatoms. The van der Waals surface area contributed by atoms with Gasteiger partial charge in [0.2, 0.25) is 0 Å². The van der Waals surface area contributed by atoms with E-state index in [1.54, 1.807) is 13.8 Å². The second kappa shape index (κ2) is 3.57.